The number of hydrogen-bond acceptors (Lipinski definition) is 4. The summed E-state index contributed by atoms with van der Waals surface area (Å²) >= 11 is 4.98. The first-order valence-electron chi connectivity index (χ1n) is 4.61. The molecule has 0 saturated carbocycles. The standard InChI is InChI=1S/C9H15N3OS/c1-3-7(5-13)12-8-4-9(14)11-6(2)10-8/h4,7,13H,3,5H2,1-2H3,(H2,10,11,12,14). The smallest absolute Gasteiger partial charge is 0.131 e. The molecule has 5 heteroatoms. The lowest BCUT2D eigenvalue weighted by molar-refractivity contribution is 0.271. The fraction of sp³-hybridized carbons (Fsp3) is 0.556. The Labute approximate surface area is 88.4 Å². The zero-order valence-corrected chi connectivity index (χ0v) is 9.19. The van der Waals surface area contributed by atoms with Gasteiger partial charge in [0, 0.05) is 6.07 Å². The largest absolute Gasteiger partial charge is 0.394 e. The molecule has 0 aliphatic carbocycles. The molecule has 1 atom stereocenters. The number of nitrogens with zero attached hydrogens (tertiary/aromatic N) is 1. The molecule has 78 valence electrons. The summed E-state index contributed by atoms with van der Waals surface area (Å²) in [6.07, 6.45) is 0.860. The van der Waals surface area contributed by atoms with Gasteiger partial charge in [-0.15, -0.1) is 0 Å². The van der Waals surface area contributed by atoms with Crippen LogP contribution in [0.2, 0.25) is 0 Å². The van der Waals surface area contributed by atoms with Crippen molar-refractivity contribution in [1.82, 2.24) is 9.97 Å². The number of aromatic nitrogens is 2. The third kappa shape index (κ3) is 3.08. The Bertz CT molecular complexity index is 346. The Morgan fingerprint density at radius 1 is 1.71 bits per heavy atom. The van der Waals surface area contributed by atoms with Crippen LogP contribution in [0.15, 0.2) is 6.07 Å². The molecule has 0 aliphatic rings. The third-order valence-electron chi connectivity index (χ3n) is 1.93. The zero-order chi connectivity index (χ0) is 10.6. The van der Waals surface area contributed by atoms with Crippen molar-refractivity contribution in [3.8, 4) is 0 Å². The van der Waals surface area contributed by atoms with E-state index >= 15 is 0 Å². The van der Waals surface area contributed by atoms with Crippen molar-refractivity contribution in [2.24, 2.45) is 0 Å². The Hall–Kier alpha value is -0.940. The third-order valence-corrected chi connectivity index (χ3v) is 2.14. The van der Waals surface area contributed by atoms with E-state index in [9.17, 15) is 0 Å². The highest BCUT2D eigenvalue weighted by atomic mass is 32.1. The van der Waals surface area contributed by atoms with E-state index in [1.807, 2.05) is 13.8 Å². The molecule has 1 rings (SSSR count). The van der Waals surface area contributed by atoms with Gasteiger partial charge in [-0.2, -0.15) is 0 Å². The molecule has 14 heavy (non-hydrogen) atoms. The van der Waals surface area contributed by atoms with Crippen molar-refractivity contribution in [2.75, 3.05) is 11.9 Å². The lowest BCUT2D eigenvalue weighted by Crippen LogP contribution is -2.23. The highest BCUT2D eigenvalue weighted by molar-refractivity contribution is 7.71. The fourth-order valence-corrected chi connectivity index (χ4v) is 1.41. The van der Waals surface area contributed by atoms with Gasteiger partial charge in [0.05, 0.1) is 12.6 Å². The van der Waals surface area contributed by atoms with E-state index in [0.717, 1.165) is 18.1 Å². The number of anilines is 1. The second-order valence-electron chi connectivity index (χ2n) is 3.15. The van der Waals surface area contributed by atoms with Gasteiger partial charge in [0.25, 0.3) is 0 Å². The Kier molecular flexibility index (Phi) is 4.03. The second kappa shape index (κ2) is 5.07. The summed E-state index contributed by atoms with van der Waals surface area (Å²) in [7, 11) is 0. The summed E-state index contributed by atoms with van der Waals surface area (Å²) < 4.78 is 0.552. The number of aliphatic hydroxyl groups is 1. The quantitative estimate of drug-likeness (QED) is 0.665. The molecular weight excluding hydrogens is 198 g/mol. The first-order chi connectivity index (χ1) is 6.65. The molecule has 1 aromatic rings. The van der Waals surface area contributed by atoms with Crippen LogP contribution in [0.25, 0.3) is 0 Å². The first kappa shape index (κ1) is 11.1. The van der Waals surface area contributed by atoms with E-state index in [2.05, 4.69) is 15.3 Å². The van der Waals surface area contributed by atoms with Gasteiger partial charge in [-0.3, -0.25) is 0 Å². The Morgan fingerprint density at radius 2 is 2.43 bits per heavy atom. The van der Waals surface area contributed by atoms with E-state index in [4.69, 9.17) is 17.3 Å². The van der Waals surface area contributed by atoms with Crippen molar-refractivity contribution < 1.29 is 5.11 Å². The van der Waals surface area contributed by atoms with Crippen LogP contribution >= 0.6 is 12.2 Å². The minimum absolute atomic E-state index is 0.0578. The molecule has 0 aromatic carbocycles. The summed E-state index contributed by atoms with van der Waals surface area (Å²) in [6.45, 7) is 3.97. The Morgan fingerprint density at radius 3 is 2.93 bits per heavy atom. The number of aryl methyl sites for hydroxylation is 1. The van der Waals surface area contributed by atoms with Crippen LogP contribution in [0.5, 0.6) is 0 Å². The maximum absolute atomic E-state index is 9.01. The monoisotopic (exact) mass is 213 g/mol. The molecule has 0 aliphatic heterocycles. The van der Waals surface area contributed by atoms with Crippen molar-refractivity contribution in [1.29, 1.82) is 0 Å². The summed E-state index contributed by atoms with van der Waals surface area (Å²) in [5, 5.41) is 12.2. The zero-order valence-electron chi connectivity index (χ0n) is 8.37. The van der Waals surface area contributed by atoms with E-state index in [1.165, 1.54) is 0 Å². The molecular formula is C9H15N3OS. The molecule has 1 aromatic heterocycles. The van der Waals surface area contributed by atoms with Crippen LogP contribution in [0.4, 0.5) is 5.82 Å². The number of hydrogen-bond donors (Lipinski definition) is 3. The van der Waals surface area contributed by atoms with E-state index < -0.39 is 0 Å². The van der Waals surface area contributed by atoms with Crippen LogP contribution < -0.4 is 5.32 Å². The topological polar surface area (TPSA) is 60.9 Å². The van der Waals surface area contributed by atoms with Gasteiger partial charge in [-0.05, 0) is 13.3 Å². The average molecular weight is 213 g/mol. The molecule has 1 heterocycles. The number of aliphatic hydroxyl groups excluding tert-OH is 1. The van der Waals surface area contributed by atoms with Crippen LogP contribution in [-0.4, -0.2) is 27.7 Å². The van der Waals surface area contributed by atoms with Gasteiger partial charge in [-0.1, -0.05) is 19.1 Å². The molecule has 0 radical (unpaired) electrons. The molecule has 0 fully saturated rings. The second-order valence-corrected chi connectivity index (χ2v) is 3.57. The number of aromatic amines is 1. The van der Waals surface area contributed by atoms with Gasteiger partial charge in [0.2, 0.25) is 0 Å². The molecule has 0 bridgehead atoms. The van der Waals surface area contributed by atoms with Gasteiger partial charge in [0.1, 0.15) is 16.3 Å². The molecule has 4 nitrogen and oxygen atoms in total. The van der Waals surface area contributed by atoms with Crippen LogP contribution in [-0.2, 0) is 0 Å². The molecule has 3 N–H and O–H groups in total. The predicted molar refractivity (Wildman–Crippen MR) is 58.9 cm³/mol. The summed E-state index contributed by atoms with van der Waals surface area (Å²) in [5.74, 6) is 1.58. The van der Waals surface area contributed by atoms with Crippen LogP contribution in [0.3, 0.4) is 0 Å². The molecule has 0 saturated heterocycles. The first-order valence-corrected chi connectivity index (χ1v) is 5.02. The summed E-state index contributed by atoms with van der Waals surface area (Å²) in [6, 6.07) is 1.81. The average Bonchev–Trinajstić information content (AvgIpc) is 2.12. The molecule has 0 amide bonds. The predicted octanol–water partition coefficient (Wildman–Crippen LogP) is 1.63. The number of H-pyrrole nitrogens is 1. The fourth-order valence-electron chi connectivity index (χ4n) is 1.15. The van der Waals surface area contributed by atoms with Crippen molar-refractivity contribution >= 4 is 18.0 Å². The minimum Gasteiger partial charge on any atom is -0.394 e. The van der Waals surface area contributed by atoms with Crippen molar-refractivity contribution in [2.45, 2.75) is 26.3 Å². The Balaban J connectivity index is 2.80. The van der Waals surface area contributed by atoms with Crippen molar-refractivity contribution in [3.05, 3.63) is 16.5 Å². The van der Waals surface area contributed by atoms with Crippen LogP contribution in [0.1, 0.15) is 19.2 Å². The van der Waals surface area contributed by atoms with Gasteiger partial charge >= 0.3 is 0 Å². The highest BCUT2D eigenvalue weighted by Crippen LogP contribution is 2.06. The van der Waals surface area contributed by atoms with E-state index in [0.29, 0.717) is 4.64 Å². The van der Waals surface area contributed by atoms with Crippen molar-refractivity contribution in [3.63, 3.8) is 0 Å². The van der Waals surface area contributed by atoms with E-state index in [-0.39, 0.29) is 12.6 Å². The maximum Gasteiger partial charge on any atom is 0.131 e. The lowest BCUT2D eigenvalue weighted by Gasteiger charge is -2.15. The highest BCUT2D eigenvalue weighted by Gasteiger charge is 2.04. The number of nitrogens with one attached hydrogen (secondary N) is 2. The molecule has 1 unspecified atom stereocenters. The lowest BCUT2D eigenvalue weighted by atomic mass is 10.2. The van der Waals surface area contributed by atoms with Gasteiger partial charge in [0.15, 0.2) is 0 Å². The minimum atomic E-state index is 0.0578. The van der Waals surface area contributed by atoms with Gasteiger partial charge < -0.3 is 15.4 Å². The van der Waals surface area contributed by atoms with Crippen LogP contribution in [0, 0.1) is 11.6 Å². The SMILES string of the molecule is CCC(CO)Nc1cc(=S)nc(C)[nH]1. The van der Waals surface area contributed by atoms with E-state index in [1.54, 1.807) is 6.07 Å². The molecule has 0 spiro atoms. The summed E-state index contributed by atoms with van der Waals surface area (Å²) in [4.78, 5) is 7.10. The van der Waals surface area contributed by atoms with Gasteiger partial charge in [-0.25, -0.2) is 4.98 Å². The maximum atomic E-state index is 9.01. The normalized spacial score (nSPS) is 12.5. The summed E-state index contributed by atoms with van der Waals surface area (Å²) in [5.41, 5.74) is 0. The number of rotatable bonds is 4.